The normalized spacial score (nSPS) is 19.1. The molecule has 0 rings (SSSR count). The zero-order valence-electron chi connectivity index (χ0n) is 8.28. The average molecular weight is 224 g/mol. The average Bonchev–Trinajstić information content (AvgIpc) is 2.25. The molecule has 0 aromatic rings. The molecule has 0 aromatic carbocycles. The summed E-state index contributed by atoms with van der Waals surface area (Å²) in [5.41, 5.74) is 0. The van der Waals surface area contributed by atoms with Crippen LogP contribution in [-0.4, -0.2) is 69.1 Å². The van der Waals surface area contributed by atoms with E-state index in [1.54, 1.807) is 0 Å². The van der Waals surface area contributed by atoms with E-state index in [2.05, 4.69) is 4.74 Å². The molecule has 0 bridgehead atoms. The summed E-state index contributed by atoms with van der Waals surface area (Å²) in [5.74, 6) is -1.10. The van der Waals surface area contributed by atoms with Crippen molar-refractivity contribution in [2.24, 2.45) is 0 Å². The second-order valence-corrected chi connectivity index (χ2v) is 2.93. The Kier molecular flexibility index (Phi) is 6.37. The number of aliphatic hydroxyl groups excluding tert-OH is 5. The van der Waals surface area contributed by atoms with Crippen LogP contribution in [-0.2, 0) is 9.53 Å². The second-order valence-electron chi connectivity index (χ2n) is 2.93. The Labute approximate surface area is 86.5 Å². The number of hydrogen-bond donors (Lipinski definition) is 5. The van der Waals surface area contributed by atoms with Crippen molar-refractivity contribution < 1.29 is 35.1 Å². The first kappa shape index (κ1) is 14.3. The summed E-state index contributed by atoms with van der Waals surface area (Å²) >= 11 is 0. The van der Waals surface area contributed by atoms with E-state index in [4.69, 9.17) is 20.4 Å². The highest BCUT2D eigenvalue weighted by Gasteiger charge is 2.34. The van der Waals surface area contributed by atoms with Gasteiger partial charge in [-0.3, -0.25) is 0 Å². The van der Waals surface area contributed by atoms with Crippen LogP contribution in [0.1, 0.15) is 6.92 Å². The molecular formula is C8H16O7. The predicted octanol–water partition coefficient (Wildman–Crippen LogP) is -3.01. The minimum Gasteiger partial charge on any atom is -0.464 e. The van der Waals surface area contributed by atoms with Gasteiger partial charge >= 0.3 is 5.97 Å². The number of carbonyl (C=O) groups excluding carboxylic acids is 1. The first-order chi connectivity index (χ1) is 6.95. The minimum absolute atomic E-state index is 0.0151. The Morgan fingerprint density at radius 3 is 2.13 bits per heavy atom. The molecule has 90 valence electrons. The number of rotatable bonds is 6. The van der Waals surface area contributed by atoms with E-state index in [9.17, 15) is 9.90 Å². The summed E-state index contributed by atoms with van der Waals surface area (Å²) in [5, 5.41) is 44.9. The van der Waals surface area contributed by atoms with Crippen LogP contribution in [0.5, 0.6) is 0 Å². The molecule has 0 unspecified atom stereocenters. The third-order valence-electron chi connectivity index (χ3n) is 1.78. The summed E-state index contributed by atoms with van der Waals surface area (Å²) in [7, 11) is 0. The number of aliphatic hydroxyl groups is 5. The van der Waals surface area contributed by atoms with Gasteiger partial charge in [0.15, 0.2) is 6.10 Å². The van der Waals surface area contributed by atoms with Gasteiger partial charge in [0.2, 0.25) is 0 Å². The van der Waals surface area contributed by atoms with E-state index in [1.807, 2.05) is 0 Å². The van der Waals surface area contributed by atoms with E-state index in [0.29, 0.717) is 0 Å². The first-order valence-corrected chi connectivity index (χ1v) is 4.45. The lowest BCUT2D eigenvalue weighted by molar-refractivity contribution is -0.169. The molecule has 0 radical (unpaired) electrons. The second kappa shape index (κ2) is 6.70. The van der Waals surface area contributed by atoms with Crippen molar-refractivity contribution in [1.82, 2.24) is 0 Å². The number of esters is 1. The monoisotopic (exact) mass is 224 g/mol. The molecule has 15 heavy (non-hydrogen) atoms. The molecule has 7 heteroatoms. The van der Waals surface area contributed by atoms with Crippen molar-refractivity contribution in [3.05, 3.63) is 0 Å². The molecule has 0 aliphatic carbocycles. The third-order valence-corrected chi connectivity index (χ3v) is 1.78. The van der Waals surface area contributed by atoms with Gasteiger partial charge < -0.3 is 30.3 Å². The molecule has 0 fully saturated rings. The van der Waals surface area contributed by atoms with Crippen LogP contribution in [0.3, 0.4) is 0 Å². The highest BCUT2D eigenvalue weighted by Crippen LogP contribution is 2.06. The van der Waals surface area contributed by atoms with E-state index in [-0.39, 0.29) is 6.61 Å². The van der Waals surface area contributed by atoms with Gasteiger partial charge in [0.05, 0.1) is 13.2 Å². The van der Waals surface area contributed by atoms with Crippen LogP contribution in [0.25, 0.3) is 0 Å². The quantitative estimate of drug-likeness (QED) is 0.304. The molecule has 0 saturated carbocycles. The first-order valence-electron chi connectivity index (χ1n) is 4.45. The Morgan fingerprint density at radius 1 is 1.20 bits per heavy atom. The summed E-state index contributed by atoms with van der Waals surface area (Å²) in [6.07, 6.45) is -7.33. The van der Waals surface area contributed by atoms with Crippen LogP contribution >= 0.6 is 0 Å². The molecule has 5 N–H and O–H groups in total. The maximum absolute atomic E-state index is 10.9. The SMILES string of the molecule is CCOC(=O)[C@@H](O)[C@H](O)[C@@H](O)[C@@H](O)CO. The van der Waals surface area contributed by atoms with E-state index >= 15 is 0 Å². The predicted molar refractivity (Wildman–Crippen MR) is 47.7 cm³/mol. The standard InChI is InChI=1S/C8H16O7/c1-2-15-8(14)7(13)6(12)5(11)4(10)3-9/h4-7,9-13H,2-3H2,1H3/t4-,5-,6+,7-/m0/s1. The summed E-state index contributed by atoms with van der Waals surface area (Å²) < 4.78 is 4.38. The van der Waals surface area contributed by atoms with Crippen molar-refractivity contribution in [3.8, 4) is 0 Å². The minimum atomic E-state index is -1.96. The van der Waals surface area contributed by atoms with Gasteiger partial charge in [-0.15, -0.1) is 0 Å². The van der Waals surface area contributed by atoms with Gasteiger partial charge in [-0.05, 0) is 6.92 Å². The highest BCUT2D eigenvalue weighted by molar-refractivity contribution is 5.75. The van der Waals surface area contributed by atoms with Crippen LogP contribution in [0.4, 0.5) is 0 Å². The van der Waals surface area contributed by atoms with Crippen molar-refractivity contribution in [2.45, 2.75) is 31.3 Å². The number of hydrogen-bond acceptors (Lipinski definition) is 7. The highest BCUT2D eigenvalue weighted by atomic mass is 16.5. The maximum atomic E-state index is 10.9. The van der Waals surface area contributed by atoms with Gasteiger partial charge in [-0.2, -0.15) is 0 Å². The van der Waals surface area contributed by atoms with Crippen molar-refractivity contribution in [3.63, 3.8) is 0 Å². The van der Waals surface area contributed by atoms with Gasteiger partial charge in [-0.25, -0.2) is 4.79 Å². The zero-order valence-corrected chi connectivity index (χ0v) is 8.28. The molecule has 0 amide bonds. The third kappa shape index (κ3) is 4.10. The Bertz CT molecular complexity index is 195. The van der Waals surface area contributed by atoms with Crippen molar-refractivity contribution in [1.29, 1.82) is 0 Å². The van der Waals surface area contributed by atoms with Crippen molar-refractivity contribution >= 4 is 5.97 Å². The van der Waals surface area contributed by atoms with E-state index in [0.717, 1.165) is 0 Å². The molecule has 0 aromatic heterocycles. The van der Waals surface area contributed by atoms with Crippen molar-refractivity contribution in [2.75, 3.05) is 13.2 Å². The largest absolute Gasteiger partial charge is 0.464 e. The van der Waals surface area contributed by atoms with E-state index < -0.39 is 37.0 Å². The van der Waals surface area contributed by atoms with Gasteiger partial charge in [0.25, 0.3) is 0 Å². The molecule has 0 spiro atoms. The summed E-state index contributed by atoms with van der Waals surface area (Å²) in [6.45, 7) is 0.727. The molecular weight excluding hydrogens is 208 g/mol. The Balaban J connectivity index is 4.29. The molecule has 0 heterocycles. The van der Waals surface area contributed by atoms with Crippen LogP contribution in [0.2, 0.25) is 0 Å². The number of ether oxygens (including phenoxy) is 1. The number of carbonyl (C=O) groups is 1. The zero-order chi connectivity index (χ0) is 12.0. The molecule has 4 atom stereocenters. The van der Waals surface area contributed by atoms with Crippen LogP contribution in [0, 0.1) is 0 Å². The molecule has 0 saturated heterocycles. The van der Waals surface area contributed by atoms with Gasteiger partial charge in [-0.1, -0.05) is 0 Å². The van der Waals surface area contributed by atoms with Gasteiger partial charge in [0, 0.05) is 0 Å². The van der Waals surface area contributed by atoms with Crippen LogP contribution < -0.4 is 0 Å². The fourth-order valence-electron chi connectivity index (χ4n) is 0.889. The molecule has 0 aliphatic rings. The summed E-state index contributed by atoms with van der Waals surface area (Å²) in [6, 6.07) is 0. The fourth-order valence-corrected chi connectivity index (χ4v) is 0.889. The maximum Gasteiger partial charge on any atom is 0.337 e. The van der Waals surface area contributed by atoms with E-state index in [1.165, 1.54) is 6.92 Å². The van der Waals surface area contributed by atoms with Crippen LogP contribution in [0.15, 0.2) is 0 Å². The fraction of sp³-hybridized carbons (Fsp3) is 0.875. The topological polar surface area (TPSA) is 127 Å². The molecule has 0 aliphatic heterocycles. The summed E-state index contributed by atoms with van der Waals surface area (Å²) in [4.78, 5) is 10.9. The smallest absolute Gasteiger partial charge is 0.337 e. The lowest BCUT2D eigenvalue weighted by Crippen LogP contribution is -2.49. The molecule has 7 nitrogen and oxygen atoms in total. The van der Waals surface area contributed by atoms with Gasteiger partial charge in [0.1, 0.15) is 18.3 Å². The Morgan fingerprint density at radius 2 is 1.73 bits per heavy atom. The Hall–Kier alpha value is -0.730. The lowest BCUT2D eigenvalue weighted by atomic mass is 10.0. The lowest BCUT2D eigenvalue weighted by Gasteiger charge is -2.24.